The molecule has 2 aromatic heterocycles. The van der Waals surface area contributed by atoms with Gasteiger partial charge >= 0.3 is 0 Å². The third kappa shape index (κ3) is 5.00. The fourth-order valence-electron chi connectivity index (χ4n) is 3.93. The molecule has 36 heavy (non-hydrogen) atoms. The maximum atomic E-state index is 14.1. The van der Waals surface area contributed by atoms with Crippen molar-refractivity contribution in [2.24, 2.45) is 0 Å². The Bertz CT molecular complexity index is 1510. The highest BCUT2D eigenvalue weighted by Crippen LogP contribution is 2.35. The molecular formula is C26H19BrFN3O4S. The summed E-state index contributed by atoms with van der Waals surface area (Å²) in [7, 11) is 0. The van der Waals surface area contributed by atoms with Gasteiger partial charge in [-0.1, -0.05) is 34.1 Å². The molecule has 1 saturated heterocycles. The van der Waals surface area contributed by atoms with Crippen LogP contribution in [0.25, 0.3) is 17.0 Å². The molecule has 1 N–H and O–H groups in total. The summed E-state index contributed by atoms with van der Waals surface area (Å²) >= 11 is 4.28. The molecule has 0 radical (unpaired) electrons. The van der Waals surface area contributed by atoms with E-state index in [-0.39, 0.29) is 36.0 Å². The van der Waals surface area contributed by atoms with Crippen molar-refractivity contribution in [1.29, 1.82) is 0 Å². The summed E-state index contributed by atoms with van der Waals surface area (Å²) in [6, 6.07) is 15.2. The molecule has 0 unspecified atom stereocenters. The van der Waals surface area contributed by atoms with E-state index in [0.29, 0.717) is 11.3 Å². The molecule has 3 heterocycles. The van der Waals surface area contributed by atoms with E-state index in [0.717, 1.165) is 32.0 Å². The molecule has 182 valence electrons. The normalized spacial score (nSPS) is 14.8. The van der Waals surface area contributed by atoms with Gasteiger partial charge in [-0.3, -0.25) is 19.3 Å². The number of benzene rings is 2. The number of halogens is 2. The zero-order chi connectivity index (χ0) is 25.2. The molecule has 1 aliphatic heterocycles. The van der Waals surface area contributed by atoms with E-state index in [4.69, 9.17) is 4.42 Å². The second-order valence-electron chi connectivity index (χ2n) is 8.09. The third-order valence-electron chi connectivity index (χ3n) is 5.67. The number of carbonyl (C=O) groups is 3. The molecule has 1 fully saturated rings. The smallest absolute Gasteiger partial charge is 0.293 e. The Kier molecular flexibility index (Phi) is 6.80. The zero-order valence-electron chi connectivity index (χ0n) is 18.7. The van der Waals surface area contributed by atoms with Crippen molar-refractivity contribution in [2.45, 2.75) is 19.6 Å². The van der Waals surface area contributed by atoms with Crippen LogP contribution >= 0.6 is 27.7 Å². The summed E-state index contributed by atoms with van der Waals surface area (Å²) in [4.78, 5) is 39.4. The second-order valence-corrected chi connectivity index (χ2v) is 10.00. The molecule has 7 nitrogen and oxygen atoms in total. The first kappa shape index (κ1) is 24.1. The van der Waals surface area contributed by atoms with E-state index in [1.54, 1.807) is 53.4 Å². The number of hydrogen-bond acceptors (Lipinski definition) is 5. The molecule has 0 bridgehead atoms. The average Bonchev–Trinajstić information content (AvgIpc) is 3.55. The molecule has 0 saturated carbocycles. The fourth-order valence-corrected chi connectivity index (χ4v) is 5.12. The molecule has 1 aliphatic rings. The Hall–Kier alpha value is -3.63. The second kappa shape index (κ2) is 10.2. The lowest BCUT2D eigenvalue weighted by atomic mass is 10.1. The number of aromatic nitrogens is 1. The summed E-state index contributed by atoms with van der Waals surface area (Å²) in [5.74, 6) is -0.515. The van der Waals surface area contributed by atoms with Gasteiger partial charge in [0.05, 0.1) is 24.3 Å². The van der Waals surface area contributed by atoms with Crippen LogP contribution in [0.1, 0.15) is 16.9 Å². The summed E-state index contributed by atoms with van der Waals surface area (Å²) in [6.07, 6.45) is 4.95. The number of carbonyl (C=O) groups excluding carboxylic acids is 3. The number of thioether (sulfide) groups is 1. The summed E-state index contributed by atoms with van der Waals surface area (Å²) in [5.41, 5.74) is 1.74. The quantitative estimate of drug-likeness (QED) is 0.290. The molecular weight excluding hydrogens is 549 g/mol. The van der Waals surface area contributed by atoms with Crippen LogP contribution in [0.4, 0.5) is 9.18 Å². The number of nitrogens with one attached hydrogen (secondary N) is 1. The highest BCUT2D eigenvalue weighted by Gasteiger charge is 2.35. The van der Waals surface area contributed by atoms with Crippen LogP contribution in [-0.2, 0) is 29.2 Å². The predicted octanol–water partition coefficient (Wildman–Crippen LogP) is 5.69. The molecule has 4 aromatic rings. The number of amides is 3. The fraction of sp³-hybridized carbons (Fsp3) is 0.115. The standard InChI is InChI=1S/C26H19BrFN3O4S/c27-18-7-8-22-20(11-18)17(13-30(22)15-24(32)29-12-19-5-3-9-35-19)10-23-25(33)31(26(34)36-23)14-16-4-1-2-6-21(16)28/h1-11,13H,12,14-15H2,(H,29,32)/b23-10-. The largest absolute Gasteiger partial charge is 0.467 e. The number of nitrogens with zero attached hydrogens (tertiary/aromatic N) is 2. The summed E-state index contributed by atoms with van der Waals surface area (Å²) in [5, 5.41) is 3.17. The Morgan fingerprint density at radius 1 is 1.14 bits per heavy atom. The van der Waals surface area contributed by atoms with Crippen LogP contribution in [0.15, 0.2) is 80.9 Å². The van der Waals surface area contributed by atoms with Gasteiger partial charge in [-0.15, -0.1) is 0 Å². The lowest BCUT2D eigenvalue weighted by Gasteiger charge is -2.12. The highest BCUT2D eigenvalue weighted by atomic mass is 79.9. The van der Waals surface area contributed by atoms with Crippen molar-refractivity contribution in [3.8, 4) is 0 Å². The Balaban J connectivity index is 1.40. The molecule has 0 aliphatic carbocycles. The monoisotopic (exact) mass is 567 g/mol. The minimum absolute atomic E-state index is 0.0570. The molecule has 2 aromatic carbocycles. The maximum absolute atomic E-state index is 14.1. The van der Waals surface area contributed by atoms with Crippen molar-refractivity contribution in [3.05, 3.63) is 99.1 Å². The van der Waals surface area contributed by atoms with Crippen molar-refractivity contribution in [1.82, 2.24) is 14.8 Å². The summed E-state index contributed by atoms with van der Waals surface area (Å²) in [6.45, 7) is 0.192. The van der Waals surface area contributed by atoms with Gasteiger partial charge < -0.3 is 14.3 Å². The lowest BCUT2D eigenvalue weighted by Crippen LogP contribution is -2.27. The Morgan fingerprint density at radius 2 is 1.97 bits per heavy atom. The molecule has 0 atom stereocenters. The summed E-state index contributed by atoms with van der Waals surface area (Å²) < 4.78 is 21.9. The minimum Gasteiger partial charge on any atom is -0.467 e. The van der Waals surface area contributed by atoms with Gasteiger partial charge in [-0.05, 0) is 54.2 Å². The van der Waals surface area contributed by atoms with Crippen molar-refractivity contribution in [3.63, 3.8) is 0 Å². The minimum atomic E-state index is -0.486. The Morgan fingerprint density at radius 3 is 2.75 bits per heavy atom. The van der Waals surface area contributed by atoms with E-state index in [9.17, 15) is 18.8 Å². The van der Waals surface area contributed by atoms with E-state index in [1.807, 2.05) is 18.2 Å². The van der Waals surface area contributed by atoms with Gasteiger partial charge in [0.1, 0.15) is 18.1 Å². The number of imide groups is 1. The van der Waals surface area contributed by atoms with Gasteiger partial charge in [0, 0.05) is 32.7 Å². The first-order valence-corrected chi connectivity index (χ1v) is 12.6. The average molecular weight is 568 g/mol. The van der Waals surface area contributed by atoms with E-state index >= 15 is 0 Å². The van der Waals surface area contributed by atoms with Gasteiger partial charge in [-0.25, -0.2) is 4.39 Å². The zero-order valence-corrected chi connectivity index (χ0v) is 21.1. The van der Waals surface area contributed by atoms with Crippen LogP contribution in [0.5, 0.6) is 0 Å². The van der Waals surface area contributed by atoms with Gasteiger partial charge in [0.25, 0.3) is 11.1 Å². The topological polar surface area (TPSA) is 84.5 Å². The number of furan rings is 1. The van der Waals surface area contributed by atoms with Gasteiger partial charge in [-0.2, -0.15) is 0 Å². The van der Waals surface area contributed by atoms with Crippen molar-refractivity contribution in [2.75, 3.05) is 0 Å². The first-order chi connectivity index (χ1) is 17.4. The van der Waals surface area contributed by atoms with Gasteiger partial charge in [0.15, 0.2) is 0 Å². The molecule has 10 heteroatoms. The highest BCUT2D eigenvalue weighted by molar-refractivity contribution is 9.10. The maximum Gasteiger partial charge on any atom is 0.293 e. The van der Waals surface area contributed by atoms with Crippen LogP contribution in [-0.4, -0.2) is 26.5 Å². The molecule has 0 spiro atoms. The predicted molar refractivity (Wildman–Crippen MR) is 138 cm³/mol. The Labute approximate surface area is 218 Å². The third-order valence-corrected chi connectivity index (χ3v) is 7.07. The first-order valence-electron chi connectivity index (χ1n) is 11.0. The number of hydrogen-bond donors (Lipinski definition) is 1. The SMILES string of the molecule is O=C(Cn1cc(/C=C2\SC(=O)N(Cc3ccccc3F)C2=O)c2cc(Br)ccc21)NCc1ccco1. The number of rotatable bonds is 7. The molecule has 5 rings (SSSR count). The van der Waals surface area contributed by atoms with E-state index in [2.05, 4.69) is 21.2 Å². The number of fused-ring (bicyclic) bond motifs is 1. The van der Waals surface area contributed by atoms with Crippen LogP contribution in [0, 0.1) is 5.82 Å². The molecule has 3 amide bonds. The van der Waals surface area contributed by atoms with E-state index < -0.39 is 17.0 Å². The van der Waals surface area contributed by atoms with Gasteiger partial charge in [0.2, 0.25) is 5.91 Å². The van der Waals surface area contributed by atoms with Crippen LogP contribution in [0.3, 0.4) is 0 Å². The van der Waals surface area contributed by atoms with Crippen LogP contribution in [0.2, 0.25) is 0 Å². The van der Waals surface area contributed by atoms with E-state index in [1.165, 1.54) is 6.07 Å². The van der Waals surface area contributed by atoms with Crippen molar-refractivity contribution < 1.29 is 23.2 Å². The lowest BCUT2D eigenvalue weighted by molar-refractivity contribution is -0.123. The van der Waals surface area contributed by atoms with Crippen LogP contribution < -0.4 is 5.32 Å². The van der Waals surface area contributed by atoms with Crippen molar-refractivity contribution >= 4 is 61.7 Å².